The van der Waals surface area contributed by atoms with E-state index in [0.29, 0.717) is 0 Å². The number of hydrogen-bond acceptors (Lipinski definition) is 3. The lowest BCUT2D eigenvalue weighted by molar-refractivity contribution is 0.241. The molecule has 1 unspecified atom stereocenters. The van der Waals surface area contributed by atoms with Crippen LogP contribution >= 0.6 is 0 Å². The van der Waals surface area contributed by atoms with Gasteiger partial charge in [0.15, 0.2) is 0 Å². The fourth-order valence-electron chi connectivity index (χ4n) is 2.86. The van der Waals surface area contributed by atoms with Crippen molar-refractivity contribution in [3.05, 3.63) is 0 Å². The number of nitrogens with one attached hydrogen (secondary N) is 1. The van der Waals surface area contributed by atoms with E-state index in [1.165, 1.54) is 71.5 Å². The summed E-state index contributed by atoms with van der Waals surface area (Å²) in [5, 5.41) is 3.52. The molecule has 0 bridgehead atoms. The van der Waals surface area contributed by atoms with Crippen molar-refractivity contribution in [3.63, 3.8) is 0 Å². The van der Waals surface area contributed by atoms with Gasteiger partial charge in [0.25, 0.3) is 0 Å². The number of hydrogen-bond donors (Lipinski definition) is 1. The first-order valence-electron chi connectivity index (χ1n) is 6.96. The van der Waals surface area contributed by atoms with Gasteiger partial charge in [-0.25, -0.2) is 0 Å². The average molecular weight is 225 g/mol. The maximum Gasteiger partial charge on any atom is 0.0109 e. The molecule has 2 saturated heterocycles. The Morgan fingerprint density at radius 3 is 2.88 bits per heavy atom. The molecule has 0 aromatic heterocycles. The van der Waals surface area contributed by atoms with E-state index in [9.17, 15) is 0 Å². The van der Waals surface area contributed by atoms with Crippen molar-refractivity contribution in [1.82, 2.24) is 15.1 Å². The zero-order valence-electron chi connectivity index (χ0n) is 10.7. The summed E-state index contributed by atoms with van der Waals surface area (Å²) in [6.45, 7) is 8.93. The lowest BCUT2D eigenvalue weighted by atomic mass is 9.96. The van der Waals surface area contributed by atoms with Crippen molar-refractivity contribution in [2.75, 3.05) is 52.9 Å². The molecule has 2 heterocycles. The topological polar surface area (TPSA) is 18.5 Å². The summed E-state index contributed by atoms with van der Waals surface area (Å²) >= 11 is 0. The minimum Gasteiger partial charge on any atom is -0.316 e. The van der Waals surface area contributed by atoms with Crippen LogP contribution in [-0.4, -0.2) is 62.7 Å². The molecule has 94 valence electrons. The Morgan fingerprint density at radius 2 is 2.06 bits per heavy atom. The zero-order valence-corrected chi connectivity index (χ0v) is 10.7. The van der Waals surface area contributed by atoms with E-state index in [1.807, 2.05) is 0 Å². The van der Waals surface area contributed by atoms with Gasteiger partial charge >= 0.3 is 0 Å². The van der Waals surface area contributed by atoms with Gasteiger partial charge < -0.3 is 15.1 Å². The maximum atomic E-state index is 3.52. The second kappa shape index (κ2) is 6.58. The van der Waals surface area contributed by atoms with Crippen LogP contribution in [0.4, 0.5) is 0 Å². The Hall–Kier alpha value is -0.120. The molecule has 0 aromatic carbocycles. The molecule has 2 aliphatic heterocycles. The summed E-state index contributed by atoms with van der Waals surface area (Å²) < 4.78 is 0. The number of piperidine rings is 1. The fourth-order valence-corrected chi connectivity index (χ4v) is 2.86. The Bertz CT molecular complexity index is 190. The van der Waals surface area contributed by atoms with E-state index >= 15 is 0 Å². The predicted octanol–water partition coefficient (Wildman–Crippen LogP) is 1.01. The summed E-state index contributed by atoms with van der Waals surface area (Å²) in [6, 6.07) is 0. The standard InChI is InChI=1S/C13H27N3/c1-15-7-3-8-16(11-10-15)9-5-13-4-2-6-14-12-13/h13-14H,2-12H2,1H3. The molecule has 3 nitrogen and oxygen atoms in total. The molecule has 0 radical (unpaired) electrons. The fraction of sp³-hybridized carbons (Fsp3) is 1.00. The van der Waals surface area contributed by atoms with Crippen molar-refractivity contribution in [3.8, 4) is 0 Å². The first-order valence-corrected chi connectivity index (χ1v) is 6.96. The molecule has 0 amide bonds. The molecule has 1 N–H and O–H groups in total. The van der Waals surface area contributed by atoms with Crippen LogP contribution in [0.2, 0.25) is 0 Å². The van der Waals surface area contributed by atoms with E-state index in [-0.39, 0.29) is 0 Å². The summed E-state index contributed by atoms with van der Waals surface area (Å²) in [4.78, 5) is 5.13. The highest BCUT2D eigenvalue weighted by Crippen LogP contribution is 2.15. The van der Waals surface area contributed by atoms with Crippen molar-refractivity contribution >= 4 is 0 Å². The maximum absolute atomic E-state index is 3.52. The van der Waals surface area contributed by atoms with Crippen molar-refractivity contribution < 1.29 is 0 Å². The molecule has 0 saturated carbocycles. The van der Waals surface area contributed by atoms with E-state index in [2.05, 4.69) is 22.2 Å². The van der Waals surface area contributed by atoms with Crippen LogP contribution in [0.25, 0.3) is 0 Å². The third-order valence-corrected chi connectivity index (χ3v) is 4.06. The van der Waals surface area contributed by atoms with E-state index in [1.54, 1.807) is 0 Å². The minimum absolute atomic E-state index is 0.940. The molecule has 2 fully saturated rings. The molecule has 0 aromatic rings. The normalized spacial score (nSPS) is 30.2. The predicted molar refractivity (Wildman–Crippen MR) is 68.8 cm³/mol. The SMILES string of the molecule is CN1CCCN(CCC2CCCNC2)CC1. The molecule has 1 atom stereocenters. The van der Waals surface area contributed by atoms with E-state index in [4.69, 9.17) is 0 Å². The third-order valence-electron chi connectivity index (χ3n) is 4.06. The second-order valence-corrected chi connectivity index (χ2v) is 5.50. The van der Waals surface area contributed by atoms with Crippen molar-refractivity contribution in [2.45, 2.75) is 25.7 Å². The number of rotatable bonds is 3. The summed E-state index contributed by atoms with van der Waals surface area (Å²) in [6.07, 6.45) is 5.57. The molecule has 0 aliphatic carbocycles. The molecule has 3 heteroatoms. The van der Waals surface area contributed by atoms with Gasteiger partial charge in [0.2, 0.25) is 0 Å². The van der Waals surface area contributed by atoms with Gasteiger partial charge in [0.1, 0.15) is 0 Å². The largest absolute Gasteiger partial charge is 0.316 e. The van der Waals surface area contributed by atoms with Crippen LogP contribution in [-0.2, 0) is 0 Å². The van der Waals surface area contributed by atoms with Gasteiger partial charge in [-0.05, 0) is 71.4 Å². The van der Waals surface area contributed by atoms with Crippen molar-refractivity contribution in [1.29, 1.82) is 0 Å². The Morgan fingerprint density at radius 1 is 1.12 bits per heavy atom. The second-order valence-electron chi connectivity index (χ2n) is 5.50. The smallest absolute Gasteiger partial charge is 0.0109 e. The summed E-state index contributed by atoms with van der Waals surface area (Å²) in [5.74, 6) is 0.940. The Labute approximate surface area is 100 Å². The number of nitrogens with zero attached hydrogens (tertiary/aromatic N) is 2. The van der Waals surface area contributed by atoms with Gasteiger partial charge in [-0.1, -0.05) is 0 Å². The van der Waals surface area contributed by atoms with Gasteiger partial charge in [0, 0.05) is 13.1 Å². The Balaban J connectivity index is 1.64. The highest BCUT2D eigenvalue weighted by molar-refractivity contribution is 4.73. The lowest BCUT2D eigenvalue weighted by Gasteiger charge is -2.26. The molecular weight excluding hydrogens is 198 g/mol. The average Bonchev–Trinajstić information content (AvgIpc) is 2.53. The highest BCUT2D eigenvalue weighted by atomic mass is 15.2. The third kappa shape index (κ3) is 4.04. The molecule has 16 heavy (non-hydrogen) atoms. The van der Waals surface area contributed by atoms with Gasteiger partial charge in [-0.15, -0.1) is 0 Å². The van der Waals surface area contributed by atoms with Crippen LogP contribution in [0, 0.1) is 5.92 Å². The van der Waals surface area contributed by atoms with Gasteiger partial charge in [-0.3, -0.25) is 0 Å². The zero-order chi connectivity index (χ0) is 11.2. The minimum atomic E-state index is 0.940. The monoisotopic (exact) mass is 225 g/mol. The molecule has 2 rings (SSSR count). The Kier molecular flexibility index (Phi) is 5.07. The van der Waals surface area contributed by atoms with Gasteiger partial charge in [0.05, 0.1) is 0 Å². The van der Waals surface area contributed by atoms with E-state index < -0.39 is 0 Å². The number of likely N-dealkylation sites (N-methyl/N-ethyl adjacent to an activating group) is 1. The highest BCUT2D eigenvalue weighted by Gasteiger charge is 2.16. The summed E-state index contributed by atoms with van der Waals surface area (Å²) in [7, 11) is 2.24. The first-order chi connectivity index (χ1) is 7.84. The molecular formula is C13H27N3. The van der Waals surface area contributed by atoms with E-state index in [0.717, 1.165) is 5.92 Å². The summed E-state index contributed by atoms with van der Waals surface area (Å²) in [5.41, 5.74) is 0. The van der Waals surface area contributed by atoms with Crippen LogP contribution in [0.3, 0.4) is 0 Å². The van der Waals surface area contributed by atoms with Crippen LogP contribution in [0.5, 0.6) is 0 Å². The van der Waals surface area contributed by atoms with Crippen LogP contribution in [0.15, 0.2) is 0 Å². The lowest BCUT2D eigenvalue weighted by Crippen LogP contribution is -2.34. The van der Waals surface area contributed by atoms with Crippen LogP contribution in [0.1, 0.15) is 25.7 Å². The first kappa shape index (κ1) is 12.3. The molecule has 2 aliphatic rings. The molecule has 0 spiro atoms. The van der Waals surface area contributed by atoms with Crippen LogP contribution < -0.4 is 5.32 Å². The van der Waals surface area contributed by atoms with Gasteiger partial charge in [-0.2, -0.15) is 0 Å². The van der Waals surface area contributed by atoms with Crippen molar-refractivity contribution in [2.24, 2.45) is 5.92 Å². The quantitative estimate of drug-likeness (QED) is 0.773.